The summed E-state index contributed by atoms with van der Waals surface area (Å²) in [7, 11) is 0. The lowest BCUT2D eigenvalue weighted by Crippen LogP contribution is -2.45. The highest BCUT2D eigenvalue weighted by Crippen LogP contribution is 2.26. The molecule has 1 aliphatic rings. The minimum absolute atomic E-state index is 0.307. The number of benzene rings is 2. The minimum atomic E-state index is -0.307. The fourth-order valence-electron chi connectivity index (χ4n) is 3.75. The molecule has 0 spiro atoms. The van der Waals surface area contributed by atoms with Gasteiger partial charge in [0.2, 0.25) is 0 Å². The molecule has 2 aromatic carbocycles. The normalized spacial score (nSPS) is 16.1. The summed E-state index contributed by atoms with van der Waals surface area (Å²) in [6.45, 7) is 7.57. The maximum absolute atomic E-state index is 12.0. The van der Waals surface area contributed by atoms with Crippen molar-refractivity contribution in [2.24, 2.45) is 0 Å². The highest BCUT2D eigenvalue weighted by atomic mass is 35.5. The Kier molecular flexibility index (Phi) is 6.14. The summed E-state index contributed by atoms with van der Waals surface area (Å²) in [6, 6.07) is 15.7. The van der Waals surface area contributed by atoms with E-state index in [1.165, 1.54) is 5.56 Å². The van der Waals surface area contributed by atoms with Crippen molar-refractivity contribution in [3.05, 3.63) is 86.7 Å². The Morgan fingerprint density at radius 2 is 1.76 bits per heavy atom. The molecule has 2 heterocycles. The summed E-state index contributed by atoms with van der Waals surface area (Å²) in [6.07, 6.45) is 4.40. The molecule has 0 radical (unpaired) electrons. The predicted octanol–water partition coefficient (Wildman–Crippen LogP) is 4.59. The largest absolute Gasteiger partial charge is 0.423 e. The standard InChI is InChI=1S/C24H25ClN2O2/c1-18-14-23-21(16-22(18)25)20(15-24(28)29-23)17-27-12-10-26(11-13-27)9-5-8-19-6-3-2-4-7-19/h2-8,14-16H,9-13,17H2,1H3/b8-5+. The number of fused-ring (bicyclic) bond motifs is 1. The molecule has 0 atom stereocenters. The van der Waals surface area contributed by atoms with E-state index in [9.17, 15) is 4.79 Å². The molecule has 5 heteroatoms. The van der Waals surface area contributed by atoms with E-state index < -0.39 is 0 Å². The van der Waals surface area contributed by atoms with Gasteiger partial charge in [-0.3, -0.25) is 9.80 Å². The molecule has 0 amide bonds. The Bertz CT molecular complexity index is 1070. The molecule has 0 unspecified atom stereocenters. The Morgan fingerprint density at radius 1 is 1.03 bits per heavy atom. The van der Waals surface area contributed by atoms with Crippen molar-refractivity contribution >= 4 is 28.6 Å². The van der Waals surface area contributed by atoms with Gasteiger partial charge in [0, 0.05) is 55.7 Å². The van der Waals surface area contributed by atoms with Gasteiger partial charge in [0.1, 0.15) is 5.58 Å². The number of halogens is 1. The van der Waals surface area contributed by atoms with Crippen LogP contribution in [0, 0.1) is 6.92 Å². The van der Waals surface area contributed by atoms with E-state index in [1.54, 1.807) is 6.07 Å². The molecule has 1 fully saturated rings. The van der Waals surface area contributed by atoms with E-state index in [0.717, 1.165) is 55.8 Å². The number of hydrogen-bond donors (Lipinski definition) is 0. The molecule has 0 bridgehead atoms. The van der Waals surface area contributed by atoms with Crippen LogP contribution in [-0.4, -0.2) is 42.5 Å². The van der Waals surface area contributed by atoms with Gasteiger partial charge in [-0.05, 0) is 35.7 Å². The van der Waals surface area contributed by atoms with Crippen LogP contribution in [-0.2, 0) is 6.54 Å². The molecule has 4 nitrogen and oxygen atoms in total. The van der Waals surface area contributed by atoms with E-state index in [4.69, 9.17) is 16.0 Å². The zero-order valence-electron chi connectivity index (χ0n) is 16.6. The summed E-state index contributed by atoms with van der Waals surface area (Å²) < 4.78 is 5.38. The molecule has 3 aromatic rings. The summed E-state index contributed by atoms with van der Waals surface area (Å²) in [5.74, 6) is 0. The molecule has 1 aromatic heterocycles. The fourth-order valence-corrected chi connectivity index (χ4v) is 3.92. The van der Waals surface area contributed by atoms with Crippen LogP contribution in [0.4, 0.5) is 0 Å². The van der Waals surface area contributed by atoms with Crippen molar-refractivity contribution in [1.29, 1.82) is 0 Å². The van der Waals surface area contributed by atoms with Crippen LogP contribution in [0.1, 0.15) is 16.7 Å². The van der Waals surface area contributed by atoms with Gasteiger partial charge in [-0.1, -0.05) is 54.1 Å². The van der Waals surface area contributed by atoms with Crippen molar-refractivity contribution in [3.63, 3.8) is 0 Å². The first-order valence-corrected chi connectivity index (χ1v) is 10.4. The van der Waals surface area contributed by atoms with Gasteiger partial charge in [-0.15, -0.1) is 0 Å². The SMILES string of the molecule is Cc1cc2oc(=O)cc(CN3CCN(C/C=C/c4ccccc4)CC3)c2cc1Cl. The second kappa shape index (κ2) is 8.95. The Hall–Kier alpha value is -2.40. The third-order valence-corrected chi connectivity index (χ3v) is 5.85. The molecule has 4 rings (SSSR count). The lowest BCUT2D eigenvalue weighted by Gasteiger charge is -2.34. The average molecular weight is 409 g/mol. The van der Waals surface area contributed by atoms with E-state index >= 15 is 0 Å². The van der Waals surface area contributed by atoms with Gasteiger partial charge in [0.25, 0.3) is 0 Å². The van der Waals surface area contributed by atoms with Crippen molar-refractivity contribution in [1.82, 2.24) is 9.80 Å². The lowest BCUT2D eigenvalue weighted by molar-refractivity contribution is 0.137. The molecule has 1 aliphatic heterocycles. The summed E-state index contributed by atoms with van der Waals surface area (Å²) >= 11 is 6.31. The third kappa shape index (κ3) is 4.96. The fraction of sp³-hybridized carbons (Fsp3) is 0.292. The monoisotopic (exact) mass is 408 g/mol. The van der Waals surface area contributed by atoms with E-state index in [-0.39, 0.29) is 5.63 Å². The van der Waals surface area contributed by atoms with Gasteiger partial charge in [0.15, 0.2) is 0 Å². The molecular weight excluding hydrogens is 384 g/mol. The number of hydrogen-bond acceptors (Lipinski definition) is 4. The van der Waals surface area contributed by atoms with E-state index in [0.29, 0.717) is 10.6 Å². The van der Waals surface area contributed by atoms with Crippen LogP contribution in [0.5, 0.6) is 0 Å². The molecule has 0 N–H and O–H groups in total. The second-order valence-electron chi connectivity index (χ2n) is 7.58. The molecule has 0 saturated carbocycles. The highest BCUT2D eigenvalue weighted by molar-refractivity contribution is 6.32. The molecular formula is C24H25ClN2O2. The summed E-state index contributed by atoms with van der Waals surface area (Å²) in [4.78, 5) is 16.8. The predicted molar refractivity (Wildman–Crippen MR) is 119 cm³/mol. The van der Waals surface area contributed by atoms with Crippen molar-refractivity contribution < 1.29 is 4.42 Å². The topological polar surface area (TPSA) is 36.7 Å². The van der Waals surface area contributed by atoms with Crippen molar-refractivity contribution in [3.8, 4) is 0 Å². The maximum Gasteiger partial charge on any atom is 0.336 e. The highest BCUT2D eigenvalue weighted by Gasteiger charge is 2.18. The van der Waals surface area contributed by atoms with E-state index in [1.807, 2.05) is 25.1 Å². The van der Waals surface area contributed by atoms with Crippen LogP contribution in [0.2, 0.25) is 5.02 Å². The second-order valence-corrected chi connectivity index (χ2v) is 7.99. The van der Waals surface area contributed by atoms with Crippen LogP contribution in [0.3, 0.4) is 0 Å². The maximum atomic E-state index is 12.0. The van der Waals surface area contributed by atoms with Gasteiger partial charge < -0.3 is 4.42 Å². The minimum Gasteiger partial charge on any atom is -0.423 e. The smallest absolute Gasteiger partial charge is 0.336 e. The molecule has 0 aliphatic carbocycles. The van der Waals surface area contributed by atoms with Gasteiger partial charge >= 0.3 is 5.63 Å². The first kappa shape index (κ1) is 19.9. The Balaban J connectivity index is 1.38. The van der Waals surface area contributed by atoms with Crippen LogP contribution >= 0.6 is 11.6 Å². The van der Waals surface area contributed by atoms with Gasteiger partial charge in [-0.2, -0.15) is 0 Å². The number of piperazine rings is 1. The summed E-state index contributed by atoms with van der Waals surface area (Å²) in [5, 5.41) is 1.62. The first-order valence-electron chi connectivity index (χ1n) is 9.98. The van der Waals surface area contributed by atoms with E-state index in [2.05, 4.69) is 46.2 Å². The zero-order valence-corrected chi connectivity index (χ0v) is 17.4. The summed E-state index contributed by atoms with van der Waals surface area (Å²) in [5.41, 5.74) is 3.43. The first-order chi connectivity index (χ1) is 14.1. The zero-order chi connectivity index (χ0) is 20.2. The molecule has 150 valence electrons. The van der Waals surface area contributed by atoms with Crippen LogP contribution in [0.25, 0.3) is 17.0 Å². The van der Waals surface area contributed by atoms with Gasteiger partial charge in [0.05, 0.1) is 0 Å². The van der Waals surface area contributed by atoms with Crippen molar-refractivity contribution in [2.45, 2.75) is 13.5 Å². The molecule has 1 saturated heterocycles. The van der Waals surface area contributed by atoms with Crippen LogP contribution < -0.4 is 5.63 Å². The number of rotatable bonds is 5. The number of aryl methyl sites for hydroxylation is 1. The van der Waals surface area contributed by atoms with Crippen molar-refractivity contribution in [2.75, 3.05) is 32.7 Å². The average Bonchev–Trinajstić information content (AvgIpc) is 2.71. The number of nitrogens with zero attached hydrogens (tertiary/aromatic N) is 2. The third-order valence-electron chi connectivity index (χ3n) is 5.44. The Labute approximate surface area is 176 Å². The lowest BCUT2D eigenvalue weighted by atomic mass is 10.1. The quantitative estimate of drug-likeness (QED) is 0.579. The molecule has 29 heavy (non-hydrogen) atoms. The Morgan fingerprint density at radius 3 is 2.52 bits per heavy atom. The van der Waals surface area contributed by atoms with Gasteiger partial charge in [-0.25, -0.2) is 4.79 Å². The van der Waals surface area contributed by atoms with Crippen LogP contribution in [0.15, 0.2) is 63.8 Å².